The van der Waals surface area contributed by atoms with Crippen molar-refractivity contribution in [2.75, 3.05) is 47.4 Å². The minimum atomic E-state index is -0.940. The van der Waals surface area contributed by atoms with Crippen LogP contribution in [0.3, 0.4) is 0 Å². The largest absolute Gasteiger partial charge is 0.481 e. The lowest BCUT2D eigenvalue weighted by Gasteiger charge is -2.23. The number of rotatable bonds is 10. The molecule has 7 nitrogen and oxygen atoms in total. The van der Waals surface area contributed by atoms with Gasteiger partial charge in [-0.15, -0.1) is 0 Å². The predicted octanol–water partition coefficient (Wildman–Crippen LogP) is 0.459. The number of methoxy groups -OCH3 is 1. The number of nitrogens with one attached hydrogen (secondary N) is 1. The van der Waals surface area contributed by atoms with Crippen LogP contribution in [0.1, 0.15) is 19.8 Å². The second kappa shape index (κ2) is 10.4. The third-order valence-electron chi connectivity index (χ3n) is 2.92. The highest BCUT2D eigenvalue weighted by Crippen LogP contribution is 1.98. The number of aliphatic carboxylic acids is 1. The second-order valence-electron chi connectivity index (χ2n) is 4.88. The van der Waals surface area contributed by atoms with Crippen LogP contribution in [0.25, 0.3) is 0 Å². The molecule has 0 aliphatic carbocycles. The predicted molar refractivity (Wildman–Crippen MR) is 76.9 cm³/mol. The van der Waals surface area contributed by atoms with Gasteiger partial charge in [0.1, 0.15) is 0 Å². The second-order valence-corrected chi connectivity index (χ2v) is 4.88. The highest BCUT2D eigenvalue weighted by atomic mass is 16.5. The van der Waals surface area contributed by atoms with Gasteiger partial charge >= 0.3 is 12.0 Å². The lowest BCUT2D eigenvalue weighted by molar-refractivity contribution is -0.139. The fourth-order valence-electron chi connectivity index (χ4n) is 1.73. The Hall–Kier alpha value is -1.34. The monoisotopic (exact) mass is 289 g/mol. The van der Waals surface area contributed by atoms with Crippen molar-refractivity contribution < 1.29 is 19.4 Å². The highest BCUT2D eigenvalue weighted by Gasteiger charge is 2.16. The van der Waals surface area contributed by atoms with Crippen molar-refractivity contribution in [1.82, 2.24) is 15.1 Å². The molecule has 0 radical (unpaired) electrons. The van der Waals surface area contributed by atoms with E-state index in [0.717, 1.165) is 13.0 Å². The molecule has 0 saturated heterocycles. The van der Waals surface area contributed by atoms with E-state index in [1.807, 2.05) is 21.0 Å². The van der Waals surface area contributed by atoms with E-state index in [1.54, 1.807) is 4.90 Å². The van der Waals surface area contributed by atoms with Gasteiger partial charge in [0, 0.05) is 26.7 Å². The van der Waals surface area contributed by atoms with E-state index in [4.69, 9.17) is 9.84 Å². The zero-order chi connectivity index (χ0) is 15.5. The zero-order valence-corrected chi connectivity index (χ0v) is 12.9. The van der Waals surface area contributed by atoms with Crippen molar-refractivity contribution in [1.29, 1.82) is 0 Å². The Bertz CT molecular complexity index is 297. The standard InChI is InChI=1S/C13H27N3O4/c1-5-16(8-6-7-15(2)3)13(19)14-10-11(20-4)9-12(17)18/h11H,5-10H2,1-4H3,(H,14,19)(H,17,18). The molecule has 0 rings (SSSR count). The van der Waals surface area contributed by atoms with Crippen molar-refractivity contribution >= 4 is 12.0 Å². The van der Waals surface area contributed by atoms with Crippen molar-refractivity contribution in [3.05, 3.63) is 0 Å². The normalized spacial score (nSPS) is 12.2. The summed E-state index contributed by atoms with van der Waals surface area (Å²) in [6, 6.07) is -0.182. The van der Waals surface area contributed by atoms with E-state index < -0.39 is 12.1 Å². The van der Waals surface area contributed by atoms with Gasteiger partial charge in [-0.25, -0.2) is 4.79 Å². The first-order chi connectivity index (χ1) is 9.40. The van der Waals surface area contributed by atoms with Crippen LogP contribution in [0.15, 0.2) is 0 Å². The Labute approximate surface area is 120 Å². The van der Waals surface area contributed by atoms with Crippen molar-refractivity contribution in [3.8, 4) is 0 Å². The highest BCUT2D eigenvalue weighted by molar-refractivity contribution is 5.74. The molecule has 2 amide bonds. The van der Waals surface area contributed by atoms with E-state index in [2.05, 4.69) is 10.2 Å². The molecule has 7 heteroatoms. The summed E-state index contributed by atoms with van der Waals surface area (Å²) in [5, 5.41) is 11.4. The molecule has 20 heavy (non-hydrogen) atoms. The molecule has 1 atom stereocenters. The van der Waals surface area contributed by atoms with Gasteiger partial charge in [-0.05, 0) is 34.0 Å². The molecule has 0 heterocycles. The number of amides is 2. The van der Waals surface area contributed by atoms with Gasteiger partial charge in [0.15, 0.2) is 0 Å². The summed E-state index contributed by atoms with van der Waals surface area (Å²) in [4.78, 5) is 26.3. The van der Waals surface area contributed by atoms with Crippen LogP contribution < -0.4 is 5.32 Å². The third kappa shape index (κ3) is 8.71. The molecular weight excluding hydrogens is 262 g/mol. The average Bonchev–Trinajstić information content (AvgIpc) is 2.38. The van der Waals surface area contributed by atoms with Gasteiger partial charge in [-0.2, -0.15) is 0 Å². The minimum Gasteiger partial charge on any atom is -0.481 e. The van der Waals surface area contributed by atoms with Gasteiger partial charge in [0.05, 0.1) is 12.5 Å². The molecule has 0 fully saturated rings. The number of carbonyl (C=O) groups excluding carboxylic acids is 1. The molecule has 0 bridgehead atoms. The summed E-state index contributed by atoms with van der Waals surface area (Å²) >= 11 is 0. The number of urea groups is 1. The first-order valence-corrected chi connectivity index (χ1v) is 6.82. The van der Waals surface area contributed by atoms with Gasteiger partial charge < -0.3 is 25.0 Å². The number of hydrogen-bond acceptors (Lipinski definition) is 4. The minimum absolute atomic E-state index is 0.121. The van der Waals surface area contributed by atoms with E-state index >= 15 is 0 Å². The van der Waals surface area contributed by atoms with E-state index in [9.17, 15) is 9.59 Å². The molecule has 0 aromatic carbocycles. The van der Waals surface area contributed by atoms with Crippen molar-refractivity contribution in [2.24, 2.45) is 0 Å². The summed E-state index contributed by atoms with van der Waals surface area (Å²) in [5.41, 5.74) is 0. The first kappa shape index (κ1) is 18.7. The molecule has 0 spiro atoms. The van der Waals surface area contributed by atoms with E-state index in [-0.39, 0.29) is 19.0 Å². The molecule has 118 valence electrons. The van der Waals surface area contributed by atoms with Gasteiger partial charge in [0.2, 0.25) is 0 Å². The quantitative estimate of drug-likeness (QED) is 0.610. The van der Waals surface area contributed by atoms with Crippen molar-refractivity contribution in [2.45, 2.75) is 25.9 Å². The number of carboxylic acid groups (broad SMARTS) is 1. The summed E-state index contributed by atoms with van der Waals surface area (Å²) in [6.45, 7) is 4.34. The molecule has 0 saturated carbocycles. The summed E-state index contributed by atoms with van der Waals surface area (Å²) < 4.78 is 5.02. The Balaban J connectivity index is 4.10. The summed E-state index contributed by atoms with van der Waals surface area (Å²) in [6.07, 6.45) is 0.276. The SMILES string of the molecule is CCN(CCCN(C)C)C(=O)NCC(CC(=O)O)OC. The third-order valence-corrected chi connectivity index (χ3v) is 2.92. The number of ether oxygens (including phenoxy) is 1. The zero-order valence-electron chi connectivity index (χ0n) is 12.9. The molecular formula is C13H27N3O4. The van der Waals surface area contributed by atoms with Crippen LogP contribution in [-0.4, -0.2) is 80.4 Å². The fraction of sp³-hybridized carbons (Fsp3) is 0.846. The van der Waals surface area contributed by atoms with Crippen LogP contribution in [-0.2, 0) is 9.53 Å². The smallest absolute Gasteiger partial charge is 0.317 e. The first-order valence-electron chi connectivity index (χ1n) is 6.82. The van der Waals surface area contributed by atoms with Crippen LogP contribution in [0, 0.1) is 0 Å². The maximum atomic E-state index is 12.0. The van der Waals surface area contributed by atoms with Crippen LogP contribution in [0.2, 0.25) is 0 Å². The van der Waals surface area contributed by atoms with Crippen molar-refractivity contribution in [3.63, 3.8) is 0 Å². The fourth-order valence-corrected chi connectivity index (χ4v) is 1.73. The Kier molecular flexibility index (Phi) is 9.75. The van der Waals surface area contributed by atoms with Gasteiger partial charge in [0.25, 0.3) is 0 Å². The number of nitrogens with zero attached hydrogens (tertiary/aromatic N) is 2. The van der Waals surface area contributed by atoms with Crippen LogP contribution in [0.4, 0.5) is 4.79 Å². The number of carbonyl (C=O) groups is 2. The Morgan fingerprint density at radius 2 is 1.95 bits per heavy atom. The number of carboxylic acids is 1. The number of hydrogen-bond donors (Lipinski definition) is 2. The Morgan fingerprint density at radius 3 is 2.40 bits per heavy atom. The average molecular weight is 289 g/mol. The lowest BCUT2D eigenvalue weighted by Crippen LogP contribution is -2.44. The van der Waals surface area contributed by atoms with Crippen LogP contribution in [0.5, 0.6) is 0 Å². The molecule has 1 unspecified atom stereocenters. The molecule has 0 aliphatic rings. The van der Waals surface area contributed by atoms with E-state index in [1.165, 1.54) is 7.11 Å². The Morgan fingerprint density at radius 1 is 1.30 bits per heavy atom. The molecule has 0 aromatic heterocycles. The topological polar surface area (TPSA) is 82.1 Å². The molecule has 0 aliphatic heterocycles. The van der Waals surface area contributed by atoms with Gasteiger partial charge in [-0.3, -0.25) is 4.79 Å². The summed E-state index contributed by atoms with van der Waals surface area (Å²) in [5.74, 6) is -0.940. The van der Waals surface area contributed by atoms with Gasteiger partial charge in [-0.1, -0.05) is 0 Å². The molecule has 0 aromatic rings. The maximum absolute atomic E-state index is 12.0. The summed E-state index contributed by atoms with van der Waals surface area (Å²) in [7, 11) is 5.42. The maximum Gasteiger partial charge on any atom is 0.317 e. The lowest BCUT2D eigenvalue weighted by atomic mass is 10.2. The molecule has 2 N–H and O–H groups in total. The van der Waals surface area contributed by atoms with E-state index in [0.29, 0.717) is 13.1 Å². The van der Waals surface area contributed by atoms with Crippen LogP contribution >= 0.6 is 0 Å².